The minimum Gasteiger partial charge on any atom is -0.445 e. The third-order valence-corrected chi connectivity index (χ3v) is 3.66. The normalized spacial score (nSPS) is 19.1. The van der Waals surface area contributed by atoms with Crippen LogP contribution in [0.5, 0.6) is 0 Å². The molecule has 1 fully saturated rings. The smallest absolute Gasteiger partial charge is 0.410 e. The van der Waals surface area contributed by atoms with Crippen LogP contribution in [0.4, 0.5) is 4.79 Å². The van der Waals surface area contributed by atoms with Gasteiger partial charge in [-0.15, -0.1) is 0 Å². The van der Waals surface area contributed by atoms with E-state index in [4.69, 9.17) is 4.74 Å². The third-order valence-electron chi connectivity index (χ3n) is 3.66. The Bertz CT molecular complexity index is 492. The Labute approximate surface area is 124 Å². The van der Waals surface area contributed by atoms with Crippen LogP contribution in [-0.2, 0) is 16.1 Å². The molecule has 1 aromatic rings. The molecule has 1 heterocycles. The Morgan fingerprint density at radius 3 is 2.67 bits per heavy atom. The lowest BCUT2D eigenvalue weighted by atomic mass is 10.1. The van der Waals surface area contributed by atoms with Gasteiger partial charge in [0.2, 0.25) is 5.91 Å². The molecule has 2 rings (SSSR count). The van der Waals surface area contributed by atoms with Crippen molar-refractivity contribution in [1.82, 2.24) is 15.1 Å². The first-order chi connectivity index (χ1) is 10.1. The van der Waals surface area contributed by atoms with E-state index in [2.05, 4.69) is 5.32 Å². The van der Waals surface area contributed by atoms with Crippen LogP contribution in [-0.4, -0.2) is 61.6 Å². The second kappa shape index (κ2) is 7.08. The van der Waals surface area contributed by atoms with Crippen molar-refractivity contribution in [3.8, 4) is 0 Å². The Morgan fingerprint density at radius 2 is 2.00 bits per heavy atom. The molecule has 21 heavy (non-hydrogen) atoms. The maximum atomic E-state index is 12.1. The summed E-state index contributed by atoms with van der Waals surface area (Å²) in [5, 5.41) is 2.62. The highest BCUT2D eigenvalue weighted by Crippen LogP contribution is 2.10. The summed E-state index contributed by atoms with van der Waals surface area (Å²) in [4.78, 5) is 27.4. The minimum absolute atomic E-state index is 0.0851. The van der Waals surface area contributed by atoms with Crippen LogP contribution < -0.4 is 5.32 Å². The number of rotatable bonds is 3. The van der Waals surface area contributed by atoms with Crippen molar-refractivity contribution in [1.29, 1.82) is 0 Å². The maximum Gasteiger partial charge on any atom is 0.410 e. The van der Waals surface area contributed by atoms with Crippen molar-refractivity contribution in [2.24, 2.45) is 0 Å². The number of nitrogens with one attached hydrogen (secondary N) is 1. The number of nitrogens with zero attached hydrogens (tertiary/aromatic N) is 2. The summed E-state index contributed by atoms with van der Waals surface area (Å²) < 4.78 is 5.30. The fourth-order valence-corrected chi connectivity index (χ4v) is 2.30. The fourth-order valence-electron chi connectivity index (χ4n) is 2.30. The zero-order chi connectivity index (χ0) is 15.2. The number of likely N-dealkylation sites (N-methyl/N-ethyl adjacent to an activating group) is 2. The SMILES string of the molecule is CNC(=O)C1CN(C(=O)OCc2ccccc2)CCN1C. The molecule has 114 valence electrons. The van der Waals surface area contributed by atoms with Crippen molar-refractivity contribution in [2.45, 2.75) is 12.6 Å². The summed E-state index contributed by atoms with van der Waals surface area (Å²) in [6.45, 7) is 1.82. The number of hydrogen-bond donors (Lipinski definition) is 1. The van der Waals surface area contributed by atoms with Gasteiger partial charge >= 0.3 is 6.09 Å². The maximum absolute atomic E-state index is 12.1. The highest BCUT2D eigenvalue weighted by molar-refractivity contribution is 5.82. The van der Waals surface area contributed by atoms with Crippen LogP contribution in [0.15, 0.2) is 30.3 Å². The summed E-state index contributed by atoms with van der Waals surface area (Å²) in [5.41, 5.74) is 0.947. The summed E-state index contributed by atoms with van der Waals surface area (Å²) in [7, 11) is 3.48. The number of amides is 2. The van der Waals surface area contributed by atoms with Gasteiger partial charge in [-0.2, -0.15) is 0 Å². The largest absolute Gasteiger partial charge is 0.445 e. The molecule has 0 spiro atoms. The van der Waals surface area contributed by atoms with E-state index < -0.39 is 0 Å². The highest BCUT2D eigenvalue weighted by atomic mass is 16.6. The van der Waals surface area contributed by atoms with Gasteiger partial charge in [-0.1, -0.05) is 30.3 Å². The lowest BCUT2D eigenvalue weighted by Gasteiger charge is -2.37. The predicted molar refractivity (Wildman–Crippen MR) is 78.7 cm³/mol. The predicted octanol–water partition coefficient (Wildman–Crippen LogP) is 0.685. The van der Waals surface area contributed by atoms with E-state index in [1.54, 1.807) is 11.9 Å². The van der Waals surface area contributed by atoms with Crippen LogP contribution in [0.2, 0.25) is 0 Å². The van der Waals surface area contributed by atoms with Gasteiger partial charge < -0.3 is 15.0 Å². The average Bonchev–Trinajstić information content (AvgIpc) is 2.53. The molecule has 0 aliphatic carbocycles. The average molecular weight is 291 g/mol. The van der Waals surface area contributed by atoms with Crippen LogP contribution in [0.3, 0.4) is 0 Å². The number of carbonyl (C=O) groups is 2. The molecule has 1 aromatic carbocycles. The Balaban J connectivity index is 1.89. The van der Waals surface area contributed by atoms with Crippen LogP contribution >= 0.6 is 0 Å². The molecule has 1 aliphatic rings. The number of carbonyl (C=O) groups excluding carboxylic acids is 2. The second-order valence-corrected chi connectivity index (χ2v) is 5.10. The van der Waals surface area contributed by atoms with Gasteiger partial charge in [-0.3, -0.25) is 9.69 Å². The molecule has 1 saturated heterocycles. The molecule has 0 radical (unpaired) electrons. The van der Waals surface area contributed by atoms with E-state index in [0.29, 0.717) is 19.6 Å². The van der Waals surface area contributed by atoms with Crippen molar-refractivity contribution in [3.05, 3.63) is 35.9 Å². The van der Waals surface area contributed by atoms with Gasteiger partial charge in [-0.05, 0) is 12.6 Å². The first-order valence-electron chi connectivity index (χ1n) is 6.99. The first kappa shape index (κ1) is 15.3. The topological polar surface area (TPSA) is 61.9 Å². The van der Waals surface area contributed by atoms with E-state index in [1.807, 2.05) is 42.3 Å². The number of benzene rings is 1. The number of ether oxygens (including phenoxy) is 1. The van der Waals surface area contributed by atoms with Crippen LogP contribution in [0.25, 0.3) is 0 Å². The molecule has 2 amide bonds. The standard InChI is InChI=1S/C15H21N3O3/c1-16-14(19)13-10-18(9-8-17(13)2)15(20)21-11-12-6-4-3-5-7-12/h3-7,13H,8-11H2,1-2H3,(H,16,19). The fraction of sp³-hybridized carbons (Fsp3) is 0.467. The molecule has 1 aliphatic heterocycles. The van der Waals surface area contributed by atoms with Gasteiger partial charge in [0.15, 0.2) is 0 Å². The number of piperazine rings is 1. The van der Waals surface area contributed by atoms with E-state index in [9.17, 15) is 9.59 Å². The molecule has 0 saturated carbocycles. The zero-order valence-electron chi connectivity index (χ0n) is 12.4. The lowest BCUT2D eigenvalue weighted by Crippen LogP contribution is -2.58. The second-order valence-electron chi connectivity index (χ2n) is 5.10. The monoisotopic (exact) mass is 291 g/mol. The number of hydrogen-bond acceptors (Lipinski definition) is 4. The zero-order valence-corrected chi connectivity index (χ0v) is 12.4. The van der Waals surface area contributed by atoms with Gasteiger partial charge in [0, 0.05) is 26.7 Å². The summed E-state index contributed by atoms with van der Waals surface area (Å²) in [6, 6.07) is 9.21. The molecular formula is C15H21N3O3. The van der Waals surface area contributed by atoms with Gasteiger partial charge in [-0.25, -0.2) is 4.79 Å². The third kappa shape index (κ3) is 3.95. The van der Waals surface area contributed by atoms with Crippen LogP contribution in [0.1, 0.15) is 5.56 Å². The Hall–Kier alpha value is -2.08. The molecule has 1 unspecified atom stereocenters. The molecule has 1 N–H and O–H groups in total. The van der Waals surface area contributed by atoms with Crippen molar-refractivity contribution >= 4 is 12.0 Å². The molecule has 0 bridgehead atoms. The van der Waals surface area contributed by atoms with Crippen molar-refractivity contribution in [2.75, 3.05) is 33.7 Å². The van der Waals surface area contributed by atoms with E-state index in [1.165, 1.54) is 0 Å². The van der Waals surface area contributed by atoms with Gasteiger partial charge in [0.25, 0.3) is 0 Å². The minimum atomic E-state index is -0.374. The summed E-state index contributed by atoms with van der Waals surface area (Å²) in [5.74, 6) is -0.0851. The molecule has 6 heteroatoms. The van der Waals surface area contributed by atoms with Crippen LogP contribution in [0, 0.1) is 0 Å². The highest BCUT2D eigenvalue weighted by Gasteiger charge is 2.32. The Morgan fingerprint density at radius 1 is 1.29 bits per heavy atom. The quantitative estimate of drug-likeness (QED) is 0.890. The molecular weight excluding hydrogens is 270 g/mol. The van der Waals surface area contributed by atoms with Crippen molar-refractivity contribution < 1.29 is 14.3 Å². The van der Waals surface area contributed by atoms with Gasteiger partial charge in [0.1, 0.15) is 12.6 Å². The molecule has 0 aromatic heterocycles. The molecule has 1 atom stereocenters. The summed E-state index contributed by atoms with van der Waals surface area (Å²) >= 11 is 0. The summed E-state index contributed by atoms with van der Waals surface area (Å²) in [6.07, 6.45) is -0.374. The lowest BCUT2D eigenvalue weighted by molar-refractivity contribution is -0.127. The van der Waals surface area contributed by atoms with Crippen molar-refractivity contribution in [3.63, 3.8) is 0 Å². The molecule has 6 nitrogen and oxygen atoms in total. The first-order valence-corrected chi connectivity index (χ1v) is 6.99. The van der Waals surface area contributed by atoms with E-state index >= 15 is 0 Å². The Kier molecular flexibility index (Phi) is 5.16. The van der Waals surface area contributed by atoms with E-state index in [-0.39, 0.29) is 24.6 Å². The van der Waals surface area contributed by atoms with E-state index in [0.717, 1.165) is 5.56 Å². The van der Waals surface area contributed by atoms with Gasteiger partial charge in [0.05, 0.1) is 0 Å².